The fourth-order valence-electron chi connectivity index (χ4n) is 2.17. The van der Waals surface area contributed by atoms with Crippen LogP contribution in [0.15, 0.2) is 48.7 Å². The van der Waals surface area contributed by atoms with Crippen molar-refractivity contribution in [3.8, 4) is 0 Å². The van der Waals surface area contributed by atoms with Crippen molar-refractivity contribution in [1.82, 2.24) is 14.6 Å². The minimum atomic E-state index is -3.54. The van der Waals surface area contributed by atoms with Crippen LogP contribution in [0.2, 0.25) is 0 Å². The van der Waals surface area contributed by atoms with Crippen molar-refractivity contribution in [1.29, 1.82) is 0 Å². The van der Waals surface area contributed by atoms with Crippen LogP contribution in [0, 0.1) is 5.82 Å². The van der Waals surface area contributed by atoms with Crippen molar-refractivity contribution < 1.29 is 17.6 Å². The maximum Gasteiger partial charge on any atom is 0.235 e. The Bertz CT molecular complexity index is 796. The summed E-state index contributed by atoms with van der Waals surface area (Å²) in [5, 5.41) is 2.65. The number of benzene rings is 1. The SMILES string of the molecule is CS(=O)(=O)N(CCc1ccc(F)cc1)CC(=O)NCc1ccccn1. The van der Waals surface area contributed by atoms with Gasteiger partial charge in [-0.3, -0.25) is 9.78 Å². The third-order valence-electron chi connectivity index (χ3n) is 3.54. The summed E-state index contributed by atoms with van der Waals surface area (Å²) in [7, 11) is -3.54. The molecule has 1 heterocycles. The van der Waals surface area contributed by atoms with Gasteiger partial charge < -0.3 is 5.32 Å². The number of halogens is 1. The Morgan fingerprint density at radius 3 is 2.52 bits per heavy atom. The summed E-state index contributed by atoms with van der Waals surface area (Å²) >= 11 is 0. The highest BCUT2D eigenvalue weighted by atomic mass is 32.2. The van der Waals surface area contributed by atoms with E-state index in [9.17, 15) is 17.6 Å². The molecule has 2 rings (SSSR count). The van der Waals surface area contributed by atoms with Gasteiger partial charge in [0, 0.05) is 12.7 Å². The number of aromatic nitrogens is 1. The third kappa shape index (κ3) is 6.60. The zero-order valence-electron chi connectivity index (χ0n) is 13.9. The van der Waals surface area contributed by atoms with E-state index in [1.807, 2.05) is 0 Å². The standard InChI is InChI=1S/C17H20FN3O3S/c1-25(23,24)21(11-9-14-5-7-15(18)8-6-14)13-17(22)20-12-16-4-2-3-10-19-16/h2-8,10H,9,11-13H2,1H3,(H,20,22). The average molecular weight is 365 g/mol. The summed E-state index contributed by atoms with van der Waals surface area (Å²) in [6, 6.07) is 11.2. The Balaban J connectivity index is 1.91. The minimum absolute atomic E-state index is 0.140. The van der Waals surface area contributed by atoms with Gasteiger partial charge in [0.25, 0.3) is 0 Å². The number of hydrogen-bond donors (Lipinski definition) is 1. The van der Waals surface area contributed by atoms with Gasteiger partial charge in [-0.25, -0.2) is 12.8 Å². The van der Waals surface area contributed by atoms with Gasteiger partial charge >= 0.3 is 0 Å². The van der Waals surface area contributed by atoms with E-state index < -0.39 is 15.9 Å². The monoisotopic (exact) mass is 365 g/mol. The molecule has 25 heavy (non-hydrogen) atoms. The fourth-order valence-corrected chi connectivity index (χ4v) is 2.95. The van der Waals surface area contributed by atoms with E-state index in [2.05, 4.69) is 10.3 Å². The molecule has 0 aliphatic heterocycles. The summed E-state index contributed by atoms with van der Waals surface area (Å²) in [5.74, 6) is -0.757. The van der Waals surface area contributed by atoms with E-state index in [1.54, 1.807) is 36.5 Å². The van der Waals surface area contributed by atoms with Crippen molar-refractivity contribution in [3.05, 3.63) is 65.7 Å². The molecule has 1 aromatic heterocycles. The highest BCUT2D eigenvalue weighted by molar-refractivity contribution is 7.88. The van der Waals surface area contributed by atoms with Gasteiger partial charge in [0.1, 0.15) is 5.82 Å². The maximum atomic E-state index is 12.9. The van der Waals surface area contributed by atoms with Crippen LogP contribution < -0.4 is 5.32 Å². The van der Waals surface area contributed by atoms with Crippen LogP contribution in [-0.4, -0.2) is 43.0 Å². The number of sulfonamides is 1. The number of pyridine rings is 1. The van der Waals surface area contributed by atoms with E-state index in [0.717, 1.165) is 16.1 Å². The van der Waals surface area contributed by atoms with Gasteiger partial charge in [-0.1, -0.05) is 18.2 Å². The predicted octanol–water partition coefficient (Wildman–Crippen LogP) is 1.34. The van der Waals surface area contributed by atoms with Crippen molar-refractivity contribution >= 4 is 15.9 Å². The number of hydrogen-bond acceptors (Lipinski definition) is 4. The molecule has 0 aliphatic rings. The minimum Gasteiger partial charge on any atom is -0.349 e. The summed E-state index contributed by atoms with van der Waals surface area (Å²) in [4.78, 5) is 16.1. The van der Waals surface area contributed by atoms with Crippen LogP contribution >= 0.6 is 0 Å². The summed E-state index contributed by atoms with van der Waals surface area (Å²) in [6.45, 7) is 0.101. The Morgan fingerprint density at radius 2 is 1.92 bits per heavy atom. The first-order chi connectivity index (χ1) is 11.8. The molecule has 1 amide bonds. The molecular formula is C17H20FN3O3S. The van der Waals surface area contributed by atoms with Gasteiger partial charge in [0.2, 0.25) is 15.9 Å². The lowest BCUT2D eigenvalue weighted by molar-refractivity contribution is -0.121. The highest BCUT2D eigenvalue weighted by Crippen LogP contribution is 2.06. The number of amides is 1. The number of nitrogens with one attached hydrogen (secondary N) is 1. The third-order valence-corrected chi connectivity index (χ3v) is 4.79. The summed E-state index contributed by atoms with van der Waals surface area (Å²) in [5.41, 5.74) is 1.48. The largest absolute Gasteiger partial charge is 0.349 e. The molecule has 0 atom stereocenters. The van der Waals surface area contributed by atoms with Gasteiger partial charge in [-0.2, -0.15) is 4.31 Å². The van der Waals surface area contributed by atoms with E-state index in [-0.39, 0.29) is 25.5 Å². The maximum absolute atomic E-state index is 12.9. The molecule has 0 unspecified atom stereocenters. The first-order valence-corrected chi connectivity index (χ1v) is 9.55. The van der Waals surface area contributed by atoms with Crippen LogP contribution in [0.1, 0.15) is 11.3 Å². The normalized spacial score (nSPS) is 11.5. The smallest absolute Gasteiger partial charge is 0.235 e. The Hall–Kier alpha value is -2.32. The molecule has 8 heteroatoms. The molecular weight excluding hydrogens is 345 g/mol. The number of rotatable bonds is 8. The second-order valence-corrected chi connectivity index (χ2v) is 7.55. The molecule has 0 aliphatic carbocycles. The Labute approximate surface area is 146 Å². The van der Waals surface area contributed by atoms with Gasteiger partial charge in [-0.05, 0) is 36.2 Å². The molecule has 1 N–H and O–H groups in total. The lowest BCUT2D eigenvalue weighted by atomic mass is 10.1. The predicted molar refractivity (Wildman–Crippen MR) is 92.6 cm³/mol. The zero-order valence-corrected chi connectivity index (χ0v) is 14.7. The molecule has 134 valence electrons. The van der Waals surface area contributed by atoms with Crippen LogP contribution in [0.25, 0.3) is 0 Å². The molecule has 1 aromatic carbocycles. The highest BCUT2D eigenvalue weighted by Gasteiger charge is 2.19. The van der Waals surface area contributed by atoms with Crippen LogP contribution in [-0.2, 0) is 27.8 Å². The summed E-state index contributed by atoms with van der Waals surface area (Å²) in [6.07, 6.45) is 3.07. The zero-order chi connectivity index (χ0) is 18.3. The number of carbonyl (C=O) groups is 1. The lowest BCUT2D eigenvalue weighted by Crippen LogP contribution is -2.41. The first kappa shape index (κ1) is 19.0. The summed E-state index contributed by atoms with van der Waals surface area (Å²) < 4.78 is 37.8. The second-order valence-electron chi connectivity index (χ2n) is 5.57. The van der Waals surface area contributed by atoms with Gasteiger partial charge in [-0.15, -0.1) is 0 Å². The van der Waals surface area contributed by atoms with Gasteiger partial charge in [0.05, 0.1) is 25.0 Å². The van der Waals surface area contributed by atoms with Crippen molar-refractivity contribution in [3.63, 3.8) is 0 Å². The van der Waals surface area contributed by atoms with E-state index in [1.165, 1.54) is 12.1 Å². The van der Waals surface area contributed by atoms with Crippen molar-refractivity contribution in [2.45, 2.75) is 13.0 Å². The molecule has 0 fully saturated rings. The fraction of sp³-hybridized carbons (Fsp3) is 0.294. The molecule has 0 radical (unpaired) electrons. The number of nitrogens with zero attached hydrogens (tertiary/aromatic N) is 2. The first-order valence-electron chi connectivity index (χ1n) is 7.71. The quantitative estimate of drug-likeness (QED) is 0.766. The molecule has 2 aromatic rings. The van der Waals surface area contributed by atoms with E-state index in [0.29, 0.717) is 12.1 Å². The second kappa shape index (κ2) is 8.68. The van der Waals surface area contributed by atoms with E-state index in [4.69, 9.17) is 0 Å². The van der Waals surface area contributed by atoms with E-state index >= 15 is 0 Å². The van der Waals surface area contributed by atoms with Crippen LogP contribution in [0.5, 0.6) is 0 Å². The van der Waals surface area contributed by atoms with Crippen LogP contribution in [0.3, 0.4) is 0 Å². The molecule has 0 bridgehead atoms. The van der Waals surface area contributed by atoms with Crippen molar-refractivity contribution in [2.75, 3.05) is 19.3 Å². The molecule has 0 saturated heterocycles. The molecule has 0 saturated carbocycles. The van der Waals surface area contributed by atoms with Crippen LogP contribution in [0.4, 0.5) is 4.39 Å². The Kier molecular flexibility index (Phi) is 6.60. The van der Waals surface area contributed by atoms with Crippen molar-refractivity contribution in [2.24, 2.45) is 0 Å². The molecule has 0 spiro atoms. The molecule has 6 nitrogen and oxygen atoms in total. The van der Waals surface area contributed by atoms with Gasteiger partial charge in [0.15, 0.2) is 0 Å². The number of carbonyl (C=O) groups excluding carboxylic acids is 1. The topological polar surface area (TPSA) is 79.4 Å². The average Bonchev–Trinajstić information content (AvgIpc) is 2.58. The Morgan fingerprint density at radius 1 is 1.20 bits per heavy atom. The lowest BCUT2D eigenvalue weighted by Gasteiger charge is -2.19.